The van der Waals surface area contributed by atoms with Gasteiger partial charge in [-0.25, -0.2) is 0 Å². The van der Waals surface area contributed by atoms with Gasteiger partial charge in [-0.15, -0.1) is 0 Å². The fraction of sp³-hybridized carbons (Fsp3) is 0.429. The van der Waals surface area contributed by atoms with Crippen LogP contribution in [-0.2, 0) is 15.7 Å². The summed E-state index contributed by atoms with van der Waals surface area (Å²) in [5, 5.41) is 0. The fourth-order valence-corrected chi connectivity index (χ4v) is 1.77. The van der Waals surface area contributed by atoms with Crippen LogP contribution >= 0.6 is 0 Å². The Kier molecular flexibility index (Phi) is 5.73. The molecular formula is C14H15F3O3. The first kappa shape index (κ1) is 16.2. The predicted octanol–water partition coefficient (Wildman–Crippen LogP) is 3.62. The molecule has 0 radical (unpaired) electrons. The van der Waals surface area contributed by atoms with Crippen molar-refractivity contribution in [2.24, 2.45) is 0 Å². The van der Waals surface area contributed by atoms with Gasteiger partial charge in [0.2, 0.25) is 0 Å². The molecule has 0 saturated heterocycles. The first-order valence-corrected chi connectivity index (χ1v) is 6.12. The van der Waals surface area contributed by atoms with Gasteiger partial charge in [0, 0.05) is 18.4 Å². The van der Waals surface area contributed by atoms with E-state index in [0.717, 1.165) is 6.07 Å². The maximum Gasteiger partial charge on any atom is 0.417 e. The van der Waals surface area contributed by atoms with Crippen molar-refractivity contribution in [1.82, 2.24) is 0 Å². The van der Waals surface area contributed by atoms with Crippen LogP contribution in [0, 0.1) is 0 Å². The van der Waals surface area contributed by atoms with E-state index in [9.17, 15) is 22.8 Å². The highest BCUT2D eigenvalue weighted by Gasteiger charge is 2.34. The number of carbonyl (C=O) groups is 2. The van der Waals surface area contributed by atoms with Gasteiger partial charge in [-0.3, -0.25) is 9.59 Å². The third-order valence-corrected chi connectivity index (χ3v) is 2.80. The number of rotatable bonds is 6. The second-order valence-electron chi connectivity index (χ2n) is 4.25. The average Bonchev–Trinajstić information content (AvgIpc) is 2.42. The summed E-state index contributed by atoms with van der Waals surface area (Å²) < 4.78 is 42.6. The summed E-state index contributed by atoms with van der Waals surface area (Å²) in [7, 11) is 1.26. The van der Waals surface area contributed by atoms with E-state index < -0.39 is 23.5 Å². The smallest absolute Gasteiger partial charge is 0.417 e. The molecule has 1 aromatic rings. The molecule has 0 fully saturated rings. The van der Waals surface area contributed by atoms with Gasteiger partial charge < -0.3 is 4.74 Å². The van der Waals surface area contributed by atoms with Gasteiger partial charge in [-0.1, -0.05) is 18.2 Å². The predicted molar refractivity (Wildman–Crippen MR) is 66.3 cm³/mol. The zero-order chi connectivity index (χ0) is 15.2. The largest absolute Gasteiger partial charge is 0.469 e. The van der Waals surface area contributed by atoms with Crippen LogP contribution in [0.25, 0.3) is 0 Å². The first-order valence-electron chi connectivity index (χ1n) is 6.12. The summed E-state index contributed by atoms with van der Waals surface area (Å²) in [5.41, 5.74) is -1.24. The molecule has 0 heterocycles. The van der Waals surface area contributed by atoms with Crippen molar-refractivity contribution in [2.75, 3.05) is 7.11 Å². The van der Waals surface area contributed by atoms with Crippen molar-refractivity contribution in [1.29, 1.82) is 0 Å². The van der Waals surface area contributed by atoms with Gasteiger partial charge in [-0.05, 0) is 18.9 Å². The van der Waals surface area contributed by atoms with Gasteiger partial charge >= 0.3 is 12.1 Å². The summed E-state index contributed by atoms with van der Waals surface area (Å²) in [4.78, 5) is 22.7. The average molecular weight is 288 g/mol. The third kappa shape index (κ3) is 4.68. The number of halogens is 3. The Morgan fingerprint density at radius 3 is 2.30 bits per heavy atom. The number of benzene rings is 1. The molecule has 0 spiro atoms. The zero-order valence-corrected chi connectivity index (χ0v) is 11.0. The van der Waals surface area contributed by atoms with E-state index in [2.05, 4.69) is 4.74 Å². The highest BCUT2D eigenvalue weighted by molar-refractivity contribution is 5.97. The van der Waals surface area contributed by atoms with Crippen molar-refractivity contribution in [2.45, 2.75) is 31.9 Å². The van der Waals surface area contributed by atoms with E-state index in [-0.39, 0.29) is 18.4 Å². The van der Waals surface area contributed by atoms with Crippen LogP contribution < -0.4 is 0 Å². The Morgan fingerprint density at radius 1 is 1.10 bits per heavy atom. The number of unbranched alkanes of at least 4 members (excludes halogenated alkanes) is 1. The van der Waals surface area contributed by atoms with Crippen LogP contribution in [0.5, 0.6) is 0 Å². The van der Waals surface area contributed by atoms with Gasteiger partial charge in [0.25, 0.3) is 0 Å². The molecular weight excluding hydrogens is 273 g/mol. The Hall–Kier alpha value is -1.85. The van der Waals surface area contributed by atoms with Crippen LogP contribution in [0.4, 0.5) is 13.2 Å². The van der Waals surface area contributed by atoms with Crippen molar-refractivity contribution in [3.8, 4) is 0 Å². The minimum atomic E-state index is -4.54. The van der Waals surface area contributed by atoms with E-state index in [1.165, 1.54) is 25.3 Å². The van der Waals surface area contributed by atoms with Crippen LogP contribution in [-0.4, -0.2) is 18.9 Å². The summed E-state index contributed by atoms with van der Waals surface area (Å²) in [5.74, 6) is -0.962. The molecule has 0 aliphatic rings. The molecule has 6 heteroatoms. The van der Waals surface area contributed by atoms with Crippen LogP contribution in [0.2, 0.25) is 0 Å². The normalized spacial score (nSPS) is 11.2. The number of ketones is 1. The number of alkyl halides is 3. The Morgan fingerprint density at radius 2 is 1.70 bits per heavy atom. The molecule has 20 heavy (non-hydrogen) atoms. The highest BCUT2D eigenvalue weighted by atomic mass is 19.4. The van der Waals surface area contributed by atoms with Crippen molar-refractivity contribution in [3.63, 3.8) is 0 Å². The molecule has 0 aliphatic carbocycles. The number of hydrogen-bond acceptors (Lipinski definition) is 3. The number of carbonyl (C=O) groups excluding carboxylic acids is 2. The molecule has 0 unspecified atom stereocenters. The monoisotopic (exact) mass is 288 g/mol. The lowest BCUT2D eigenvalue weighted by molar-refractivity contribution is -0.140. The van der Waals surface area contributed by atoms with E-state index in [1.807, 2.05) is 0 Å². The van der Waals surface area contributed by atoms with Gasteiger partial charge in [0.15, 0.2) is 5.78 Å². The minimum Gasteiger partial charge on any atom is -0.469 e. The van der Waals surface area contributed by atoms with Crippen LogP contribution in [0.1, 0.15) is 41.6 Å². The molecule has 1 aromatic carbocycles. The second kappa shape index (κ2) is 7.07. The number of hydrogen-bond donors (Lipinski definition) is 0. The van der Waals surface area contributed by atoms with Gasteiger partial charge in [-0.2, -0.15) is 13.2 Å². The second-order valence-corrected chi connectivity index (χ2v) is 4.25. The van der Waals surface area contributed by atoms with E-state index in [1.54, 1.807) is 0 Å². The van der Waals surface area contributed by atoms with Crippen LogP contribution in [0.3, 0.4) is 0 Å². The number of esters is 1. The van der Waals surface area contributed by atoms with E-state index >= 15 is 0 Å². The van der Waals surface area contributed by atoms with Gasteiger partial charge in [0.05, 0.1) is 12.7 Å². The molecule has 0 aromatic heterocycles. The Labute approximate surface area is 114 Å². The molecule has 0 atom stereocenters. The molecule has 1 rings (SSSR count). The minimum absolute atomic E-state index is 0.0237. The molecule has 0 saturated carbocycles. The summed E-state index contributed by atoms with van der Waals surface area (Å²) >= 11 is 0. The molecule has 0 bridgehead atoms. The van der Waals surface area contributed by atoms with E-state index in [4.69, 9.17) is 0 Å². The quantitative estimate of drug-likeness (QED) is 0.456. The molecule has 0 amide bonds. The van der Waals surface area contributed by atoms with Gasteiger partial charge in [0.1, 0.15) is 0 Å². The number of methoxy groups -OCH3 is 1. The maximum absolute atomic E-state index is 12.7. The lowest BCUT2D eigenvalue weighted by atomic mass is 9.99. The summed E-state index contributed by atoms with van der Waals surface area (Å²) in [6.45, 7) is 0. The topological polar surface area (TPSA) is 43.4 Å². The Balaban J connectivity index is 2.62. The molecule has 0 aliphatic heterocycles. The lowest BCUT2D eigenvalue weighted by Crippen LogP contribution is -2.13. The number of Topliss-reactive ketones (excluding diaryl/α,β-unsaturated/α-hetero) is 1. The standard InChI is InChI=1S/C14H15F3O3/c1-20-13(19)9-5-4-8-12(18)10-6-2-3-7-11(10)14(15,16)17/h2-3,6-7H,4-5,8-9H2,1H3. The van der Waals surface area contributed by atoms with Crippen molar-refractivity contribution < 1.29 is 27.5 Å². The van der Waals surface area contributed by atoms with Crippen LogP contribution in [0.15, 0.2) is 24.3 Å². The fourth-order valence-electron chi connectivity index (χ4n) is 1.77. The lowest BCUT2D eigenvalue weighted by Gasteiger charge is -2.11. The SMILES string of the molecule is COC(=O)CCCCC(=O)c1ccccc1C(F)(F)F. The van der Waals surface area contributed by atoms with Crippen molar-refractivity contribution >= 4 is 11.8 Å². The molecule has 110 valence electrons. The van der Waals surface area contributed by atoms with Crippen molar-refractivity contribution in [3.05, 3.63) is 35.4 Å². The third-order valence-electron chi connectivity index (χ3n) is 2.80. The summed E-state index contributed by atoms with van der Waals surface area (Å²) in [6.07, 6.45) is -3.65. The van der Waals surface area contributed by atoms with E-state index in [0.29, 0.717) is 12.8 Å². The maximum atomic E-state index is 12.7. The molecule has 0 N–H and O–H groups in total. The Bertz CT molecular complexity index is 481. The summed E-state index contributed by atoms with van der Waals surface area (Å²) in [6, 6.07) is 4.71. The molecule has 3 nitrogen and oxygen atoms in total. The first-order chi connectivity index (χ1) is 9.36. The number of ether oxygens (including phenoxy) is 1. The zero-order valence-electron chi connectivity index (χ0n) is 11.0. The highest BCUT2D eigenvalue weighted by Crippen LogP contribution is 2.32.